The predicted octanol–water partition coefficient (Wildman–Crippen LogP) is 7.56. The van der Waals surface area contributed by atoms with Crippen molar-refractivity contribution in [3.63, 3.8) is 0 Å². The van der Waals surface area contributed by atoms with Crippen molar-refractivity contribution >= 4 is 23.0 Å². The van der Waals surface area contributed by atoms with Gasteiger partial charge in [0.1, 0.15) is 17.9 Å². The first-order chi connectivity index (χ1) is 22.4. The predicted molar refractivity (Wildman–Crippen MR) is 178 cm³/mol. The molecule has 8 nitrogen and oxygen atoms in total. The molecule has 0 aliphatic heterocycles. The highest BCUT2D eigenvalue weighted by Crippen LogP contribution is 2.26. The quantitative estimate of drug-likeness (QED) is 0.0875. The molecule has 8 heteroatoms. The monoisotopic (exact) mass is 620 g/mol. The molecule has 1 aromatic heterocycles. The summed E-state index contributed by atoms with van der Waals surface area (Å²) in [5, 5.41) is 0. The van der Waals surface area contributed by atoms with Gasteiger partial charge in [-0.2, -0.15) is 0 Å². The molecule has 0 saturated heterocycles. The molecule has 0 saturated carbocycles. The van der Waals surface area contributed by atoms with Gasteiger partial charge in [0.05, 0.1) is 19.8 Å². The van der Waals surface area contributed by atoms with Crippen LogP contribution in [0, 0.1) is 6.92 Å². The van der Waals surface area contributed by atoms with E-state index in [0.717, 1.165) is 83.6 Å². The molecule has 0 fully saturated rings. The summed E-state index contributed by atoms with van der Waals surface area (Å²) in [4.78, 5) is 30.5. The van der Waals surface area contributed by atoms with E-state index in [0.29, 0.717) is 24.5 Å². The van der Waals surface area contributed by atoms with Crippen LogP contribution in [0.25, 0.3) is 22.6 Å². The summed E-state index contributed by atoms with van der Waals surface area (Å²) < 4.78 is 21.9. The number of hydrogen-bond donors (Lipinski definition) is 0. The van der Waals surface area contributed by atoms with E-state index in [9.17, 15) is 9.59 Å². The number of methoxy groups -OCH3 is 2. The number of ether oxygens (including phenoxy) is 3. The first-order valence-electron chi connectivity index (χ1n) is 15.6. The van der Waals surface area contributed by atoms with E-state index in [4.69, 9.17) is 18.6 Å². The number of nitrogens with zero attached hydrogens (tertiary/aromatic N) is 2. The van der Waals surface area contributed by atoms with Crippen LogP contribution in [-0.4, -0.2) is 49.1 Å². The Bertz CT molecular complexity index is 1740. The number of unbranched alkanes of at least 4 members (excludes halogenated alkanes) is 1. The number of carbonyl (C=O) groups excluding carboxylic acids is 2. The highest BCUT2D eigenvalue weighted by Gasteiger charge is 2.13. The highest BCUT2D eigenvalue weighted by atomic mass is 16.5. The molecular formula is C38H40N2O6. The molecular weight excluding hydrogens is 580 g/mol. The summed E-state index contributed by atoms with van der Waals surface area (Å²) >= 11 is 0. The van der Waals surface area contributed by atoms with Gasteiger partial charge in [0.15, 0.2) is 5.58 Å². The number of carbonyl (C=O) groups is 2. The first kappa shape index (κ1) is 32.4. The third-order valence-electron chi connectivity index (χ3n) is 7.92. The zero-order chi connectivity index (χ0) is 32.3. The van der Waals surface area contributed by atoms with Crippen molar-refractivity contribution in [2.75, 3.05) is 27.3 Å². The largest absolute Gasteiger partial charge is 0.489 e. The lowest BCUT2D eigenvalue weighted by atomic mass is 10.1. The number of benzene rings is 4. The van der Waals surface area contributed by atoms with Crippen LogP contribution in [0.4, 0.5) is 0 Å². The number of fused-ring (bicyclic) bond motifs is 1. The van der Waals surface area contributed by atoms with Crippen molar-refractivity contribution in [1.29, 1.82) is 0 Å². The van der Waals surface area contributed by atoms with E-state index in [2.05, 4.69) is 16.0 Å². The van der Waals surface area contributed by atoms with Gasteiger partial charge in [-0.05, 0) is 97.4 Å². The number of aromatic nitrogens is 1. The maximum Gasteiger partial charge on any atom is 0.337 e. The average Bonchev–Trinajstić information content (AvgIpc) is 3.51. The van der Waals surface area contributed by atoms with Crippen LogP contribution in [0.15, 0.2) is 95.4 Å². The number of esters is 2. The minimum Gasteiger partial charge on any atom is -0.489 e. The van der Waals surface area contributed by atoms with E-state index in [-0.39, 0.29) is 11.9 Å². The molecule has 1 heterocycles. The Hall–Kier alpha value is -4.95. The molecule has 0 radical (unpaired) electrons. The summed E-state index contributed by atoms with van der Waals surface area (Å²) in [6, 6.07) is 29.7. The number of hydrogen-bond acceptors (Lipinski definition) is 8. The summed E-state index contributed by atoms with van der Waals surface area (Å²) in [6.07, 6.45) is 2.83. The lowest BCUT2D eigenvalue weighted by Crippen LogP contribution is -2.27. The van der Waals surface area contributed by atoms with Crippen molar-refractivity contribution in [3.8, 4) is 17.2 Å². The maximum atomic E-state index is 11.9. The lowest BCUT2D eigenvalue weighted by Gasteiger charge is -2.23. The molecule has 0 bridgehead atoms. The van der Waals surface area contributed by atoms with Crippen molar-refractivity contribution in [2.45, 2.75) is 45.8 Å². The fourth-order valence-electron chi connectivity index (χ4n) is 5.29. The van der Waals surface area contributed by atoms with Gasteiger partial charge in [0.25, 0.3) is 0 Å². The molecule has 0 aliphatic carbocycles. The third-order valence-corrected chi connectivity index (χ3v) is 7.92. The van der Waals surface area contributed by atoms with E-state index in [1.165, 1.54) is 14.2 Å². The van der Waals surface area contributed by atoms with Crippen molar-refractivity contribution in [1.82, 2.24) is 9.88 Å². The fourth-order valence-corrected chi connectivity index (χ4v) is 5.29. The van der Waals surface area contributed by atoms with Crippen LogP contribution >= 0.6 is 0 Å². The van der Waals surface area contributed by atoms with Crippen LogP contribution < -0.4 is 4.74 Å². The van der Waals surface area contributed by atoms with Gasteiger partial charge >= 0.3 is 11.9 Å². The minimum atomic E-state index is -0.350. The Labute approximate surface area is 269 Å². The summed E-state index contributed by atoms with van der Waals surface area (Å²) in [6.45, 7) is 4.82. The maximum absolute atomic E-state index is 11.9. The van der Waals surface area contributed by atoms with E-state index >= 15 is 0 Å². The standard InChI is InChI=1S/C38H40N2O6/c1-27-11-20-35-33(24-27)39-37(46-35)31-16-14-29(15-17-31)26-45-34-9-5-4-8-30(34)21-23-40(22-7-6-10-36(41)43-2)25-28-12-18-32(19-13-28)38(42)44-3/h4-5,8-9,11-20,24H,6-7,10,21-23,25-26H2,1-3H3. The molecule has 0 spiro atoms. The van der Waals surface area contributed by atoms with Crippen LogP contribution in [0.3, 0.4) is 0 Å². The molecule has 5 rings (SSSR count). The van der Waals surface area contributed by atoms with Gasteiger partial charge in [0.2, 0.25) is 5.89 Å². The smallest absolute Gasteiger partial charge is 0.337 e. The zero-order valence-corrected chi connectivity index (χ0v) is 26.7. The molecule has 46 heavy (non-hydrogen) atoms. The molecule has 0 N–H and O–H groups in total. The summed E-state index contributed by atoms with van der Waals surface area (Å²) in [5.41, 5.74) is 7.50. The van der Waals surface area contributed by atoms with E-state index in [1.54, 1.807) is 12.1 Å². The second-order valence-electron chi connectivity index (χ2n) is 11.3. The van der Waals surface area contributed by atoms with E-state index in [1.807, 2.05) is 79.7 Å². The van der Waals surface area contributed by atoms with Gasteiger partial charge in [-0.3, -0.25) is 9.69 Å². The average molecular weight is 621 g/mol. The van der Waals surface area contributed by atoms with Crippen LogP contribution in [0.5, 0.6) is 5.75 Å². The Morgan fingerprint density at radius 1 is 0.826 bits per heavy atom. The molecule has 238 valence electrons. The molecule has 0 unspecified atom stereocenters. The van der Waals surface area contributed by atoms with Gasteiger partial charge in [-0.25, -0.2) is 9.78 Å². The Morgan fingerprint density at radius 2 is 1.59 bits per heavy atom. The molecule has 0 amide bonds. The van der Waals surface area contributed by atoms with Crippen molar-refractivity contribution < 1.29 is 28.2 Å². The SMILES string of the molecule is COC(=O)CCCCN(CCc1ccccc1OCc1ccc(-c2nc3cc(C)ccc3o2)cc1)Cc1ccc(C(=O)OC)cc1. The van der Waals surface area contributed by atoms with Gasteiger partial charge in [0, 0.05) is 25.1 Å². The number of aryl methyl sites for hydroxylation is 1. The van der Waals surface area contributed by atoms with Gasteiger partial charge in [-0.15, -0.1) is 0 Å². The zero-order valence-electron chi connectivity index (χ0n) is 26.7. The Kier molecular flexibility index (Phi) is 11.2. The van der Waals surface area contributed by atoms with Crippen LogP contribution in [0.1, 0.15) is 51.9 Å². The number of rotatable bonds is 15. The van der Waals surface area contributed by atoms with Gasteiger partial charge < -0.3 is 18.6 Å². The van der Waals surface area contributed by atoms with Crippen LogP contribution in [-0.2, 0) is 33.8 Å². The minimum absolute atomic E-state index is 0.188. The second-order valence-corrected chi connectivity index (χ2v) is 11.3. The Morgan fingerprint density at radius 3 is 2.35 bits per heavy atom. The summed E-state index contributed by atoms with van der Waals surface area (Å²) in [5.74, 6) is 0.922. The fraction of sp³-hybridized carbons (Fsp3) is 0.289. The molecule has 5 aromatic rings. The Balaban J connectivity index is 1.20. The number of para-hydroxylation sites is 1. The molecule has 0 atom stereocenters. The summed E-state index contributed by atoms with van der Waals surface area (Å²) in [7, 11) is 2.80. The second kappa shape index (κ2) is 15.9. The first-order valence-corrected chi connectivity index (χ1v) is 15.6. The molecule has 0 aliphatic rings. The van der Waals surface area contributed by atoms with Gasteiger partial charge in [-0.1, -0.05) is 48.5 Å². The third kappa shape index (κ3) is 8.82. The normalized spacial score (nSPS) is 11.1. The lowest BCUT2D eigenvalue weighted by molar-refractivity contribution is -0.140. The number of oxazole rings is 1. The highest BCUT2D eigenvalue weighted by molar-refractivity contribution is 5.89. The van der Waals surface area contributed by atoms with Crippen LogP contribution in [0.2, 0.25) is 0 Å². The van der Waals surface area contributed by atoms with Crippen molar-refractivity contribution in [3.05, 3.63) is 119 Å². The topological polar surface area (TPSA) is 91.1 Å². The van der Waals surface area contributed by atoms with E-state index < -0.39 is 0 Å². The molecule has 4 aromatic carbocycles. The van der Waals surface area contributed by atoms with Crippen molar-refractivity contribution in [2.24, 2.45) is 0 Å².